The Bertz CT molecular complexity index is 1100. The van der Waals surface area contributed by atoms with Gasteiger partial charge in [-0.1, -0.05) is 37.1 Å². The van der Waals surface area contributed by atoms with Gasteiger partial charge in [0.15, 0.2) is 5.69 Å². The van der Waals surface area contributed by atoms with Crippen molar-refractivity contribution in [3.05, 3.63) is 41.6 Å². The molecule has 11 heteroatoms. The maximum Gasteiger partial charge on any atom is 0.305 e. The Hall–Kier alpha value is -2.95. The number of halogens is 4. The number of amides is 1. The molecule has 0 radical (unpaired) electrons. The molecular weight excluding hydrogens is 492 g/mol. The normalized spacial score (nSPS) is 21.9. The Morgan fingerprint density at radius 3 is 2.43 bits per heavy atom. The molecule has 2 aromatic rings. The van der Waals surface area contributed by atoms with Gasteiger partial charge in [0.2, 0.25) is 0 Å². The van der Waals surface area contributed by atoms with Crippen LogP contribution in [0.1, 0.15) is 67.5 Å². The van der Waals surface area contributed by atoms with Crippen molar-refractivity contribution in [2.75, 3.05) is 19.6 Å². The third kappa shape index (κ3) is 6.49. The fourth-order valence-electron chi connectivity index (χ4n) is 5.24. The Balaban J connectivity index is 1.58. The smallest absolute Gasteiger partial charge is 0.305 e. The summed E-state index contributed by atoms with van der Waals surface area (Å²) >= 11 is 0. The quantitative estimate of drug-likeness (QED) is 0.439. The zero-order valence-corrected chi connectivity index (χ0v) is 20.7. The molecule has 2 aliphatic rings. The van der Waals surface area contributed by atoms with Crippen LogP contribution in [-0.2, 0) is 10.7 Å². The average molecular weight is 525 g/mol. The van der Waals surface area contributed by atoms with Gasteiger partial charge in [-0.3, -0.25) is 19.2 Å². The van der Waals surface area contributed by atoms with Crippen LogP contribution >= 0.6 is 0 Å². The number of nitrogens with one attached hydrogen (secondary N) is 1. The van der Waals surface area contributed by atoms with Crippen LogP contribution in [0.15, 0.2) is 30.3 Å². The van der Waals surface area contributed by atoms with E-state index in [0.29, 0.717) is 5.69 Å². The minimum atomic E-state index is -3.11. The lowest BCUT2D eigenvalue weighted by molar-refractivity contribution is -0.137. The van der Waals surface area contributed by atoms with Crippen molar-refractivity contribution in [3.63, 3.8) is 0 Å². The maximum atomic E-state index is 14.4. The standard InChI is InChI=1S/C26H32F4N4O3/c1-26(29,30)19-9-5-4-8-18(19)23-13-22(32-34(23)17-6-2-3-7-17)25(37)31-16(12-24(35)36)10-11-33-14-20(27)21(28)15-33/h4-5,8-9,13,16-17,20-21H,2-3,6-7,10-12,14-15H2,1H3,(H,31,37)(H,35,36)/t16?,20-,21-/m1/s1. The van der Waals surface area contributed by atoms with E-state index in [1.807, 2.05) is 0 Å². The second-order valence-corrected chi connectivity index (χ2v) is 10.1. The van der Waals surface area contributed by atoms with Gasteiger partial charge in [0.25, 0.3) is 11.8 Å². The van der Waals surface area contributed by atoms with E-state index in [9.17, 15) is 32.3 Å². The zero-order valence-electron chi connectivity index (χ0n) is 20.7. The number of rotatable bonds is 10. The number of hydrogen-bond acceptors (Lipinski definition) is 4. The van der Waals surface area contributed by atoms with Crippen LogP contribution in [0.5, 0.6) is 0 Å². The molecule has 3 atom stereocenters. The molecule has 202 valence electrons. The molecule has 2 N–H and O–H groups in total. The summed E-state index contributed by atoms with van der Waals surface area (Å²) in [7, 11) is 0. The molecule has 4 rings (SSSR count). The second kappa shape index (κ2) is 11.2. The van der Waals surface area contributed by atoms with Crippen molar-refractivity contribution in [1.82, 2.24) is 20.0 Å². The third-order valence-electron chi connectivity index (χ3n) is 7.12. The van der Waals surface area contributed by atoms with Gasteiger partial charge >= 0.3 is 5.97 Å². The monoisotopic (exact) mass is 524 g/mol. The first kappa shape index (κ1) is 27.1. The predicted octanol–water partition coefficient (Wildman–Crippen LogP) is 4.73. The number of benzene rings is 1. The van der Waals surface area contributed by atoms with Crippen LogP contribution in [0, 0.1) is 0 Å². The Morgan fingerprint density at radius 2 is 1.81 bits per heavy atom. The number of likely N-dealkylation sites (tertiary alicyclic amines) is 1. The van der Waals surface area contributed by atoms with E-state index < -0.39 is 36.2 Å². The SMILES string of the molecule is CC(F)(F)c1ccccc1-c1cc(C(=O)NC(CCN2C[C@@H](F)[C@H](F)C2)CC(=O)O)nn1C1CCCC1. The van der Waals surface area contributed by atoms with Crippen molar-refractivity contribution >= 4 is 11.9 Å². The van der Waals surface area contributed by atoms with Crippen molar-refractivity contribution in [2.45, 2.75) is 75.8 Å². The first-order chi connectivity index (χ1) is 17.5. The van der Waals surface area contributed by atoms with E-state index >= 15 is 0 Å². The molecule has 1 aliphatic carbocycles. The summed E-state index contributed by atoms with van der Waals surface area (Å²) in [5.41, 5.74) is 0.517. The lowest BCUT2D eigenvalue weighted by atomic mass is 9.99. The first-order valence-corrected chi connectivity index (χ1v) is 12.6. The Labute approximate surface area is 212 Å². The average Bonchev–Trinajstić information content (AvgIpc) is 3.57. The van der Waals surface area contributed by atoms with Crippen LogP contribution in [0.25, 0.3) is 11.3 Å². The van der Waals surface area contributed by atoms with E-state index in [0.717, 1.165) is 32.6 Å². The Kier molecular flexibility index (Phi) is 8.20. The number of carboxylic acids is 1. The number of nitrogens with zero attached hydrogens (tertiary/aromatic N) is 3. The predicted molar refractivity (Wildman–Crippen MR) is 129 cm³/mol. The highest BCUT2D eigenvalue weighted by atomic mass is 19.3. The van der Waals surface area contributed by atoms with Gasteiger partial charge in [-0.15, -0.1) is 0 Å². The summed E-state index contributed by atoms with van der Waals surface area (Å²) in [6, 6.07) is 6.76. The van der Waals surface area contributed by atoms with E-state index in [1.165, 1.54) is 18.2 Å². The van der Waals surface area contributed by atoms with E-state index in [4.69, 9.17) is 0 Å². The van der Waals surface area contributed by atoms with Crippen LogP contribution in [0.4, 0.5) is 17.6 Å². The number of aliphatic carboxylic acids is 1. The number of hydrogen-bond donors (Lipinski definition) is 2. The second-order valence-electron chi connectivity index (χ2n) is 10.1. The van der Waals surface area contributed by atoms with E-state index in [-0.39, 0.29) is 55.3 Å². The molecular formula is C26H32F4N4O3. The van der Waals surface area contributed by atoms with E-state index in [2.05, 4.69) is 10.4 Å². The van der Waals surface area contributed by atoms with Crippen LogP contribution < -0.4 is 5.32 Å². The third-order valence-corrected chi connectivity index (χ3v) is 7.12. The molecule has 7 nitrogen and oxygen atoms in total. The number of carbonyl (C=O) groups excluding carboxylic acids is 1. The minimum Gasteiger partial charge on any atom is -0.481 e. The highest BCUT2D eigenvalue weighted by molar-refractivity contribution is 5.94. The summed E-state index contributed by atoms with van der Waals surface area (Å²) in [6.07, 6.45) is 0.193. The van der Waals surface area contributed by atoms with Crippen LogP contribution in [0.3, 0.4) is 0 Å². The van der Waals surface area contributed by atoms with Gasteiger partial charge in [-0.2, -0.15) is 5.10 Å². The van der Waals surface area contributed by atoms with Gasteiger partial charge in [-0.25, -0.2) is 17.6 Å². The molecule has 37 heavy (non-hydrogen) atoms. The molecule has 2 fully saturated rings. The molecule has 1 unspecified atom stereocenters. The fraction of sp³-hybridized carbons (Fsp3) is 0.577. The minimum absolute atomic E-state index is 0.000304. The number of carbonyl (C=O) groups is 2. The van der Waals surface area contributed by atoms with Crippen molar-refractivity contribution < 1.29 is 32.3 Å². The molecule has 1 aromatic heterocycles. The zero-order chi connectivity index (χ0) is 26.7. The molecule has 1 aromatic carbocycles. The lowest BCUT2D eigenvalue weighted by Gasteiger charge is -2.20. The summed E-state index contributed by atoms with van der Waals surface area (Å²) < 4.78 is 57.5. The molecule has 1 amide bonds. The van der Waals surface area contributed by atoms with Crippen molar-refractivity contribution in [1.29, 1.82) is 0 Å². The largest absolute Gasteiger partial charge is 0.481 e. The molecule has 0 bridgehead atoms. The summed E-state index contributed by atoms with van der Waals surface area (Å²) in [6.45, 7) is 0.889. The van der Waals surface area contributed by atoms with Crippen LogP contribution in [-0.4, -0.2) is 69.7 Å². The first-order valence-electron chi connectivity index (χ1n) is 12.6. The van der Waals surface area contributed by atoms with Crippen molar-refractivity contribution in [3.8, 4) is 11.3 Å². The lowest BCUT2D eigenvalue weighted by Crippen LogP contribution is -2.39. The topological polar surface area (TPSA) is 87.5 Å². The number of carboxylic acid groups (broad SMARTS) is 1. The Morgan fingerprint density at radius 1 is 1.16 bits per heavy atom. The van der Waals surface area contributed by atoms with Crippen molar-refractivity contribution in [2.24, 2.45) is 0 Å². The van der Waals surface area contributed by atoms with Gasteiger partial charge in [0, 0.05) is 43.7 Å². The summed E-state index contributed by atoms with van der Waals surface area (Å²) in [5, 5.41) is 16.5. The summed E-state index contributed by atoms with van der Waals surface area (Å²) in [5.74, 6) is -4.86. The van der Waals surface area contributed by atoms with E-state index in [1.54, 1.807) is 21.7 Å². The van der Waals surface area contributed by atoms with Gasteiger partial charge in [-0.05, 0) is 25.3 Å². The highest BCUT2D eigenvalue weighted by Gasteiger charge is 2.34. The molecule has 1 saturated carbocycles. The fourth-order valence-corrected chi connectivity index (χ4v) is 5.24. The van der Waals surface area contributed by atoms with Crippen LogP contribution in [0.2, 0.25) is 0 Å². The number of aromatic nitrogens is 2. The highest BCUT2D eigenvalue weighted by Crippen LogP contribution is 2.39. The van der Waals surface area contributed by atoms with Gasteiger partial charge in [0.1, 0.15) is 12.3 Å². The number of alkyl halides is 4. The summed E-state index contributed by atoms with van der Waals surface area (Å²) in [4.78, 5) is 26.1. The van der Waals surface area contributed by atoms with Gasteiger partial charge in [0.05, 0.1) is 18.2 Å². The maximum absolute atomic E-state index is 14.4. The molecule has 0 spiro atoms. The molecule has 1 aliphatic heterocycles. The van der Waals surface area contributed by atoms with Gasteiger partial charge < -0.3 is 10.4 Å². The molecule has 2 heterocycles. The molecule has 1 saturated heterocycles.